The lowest BCUT2D eigenvalue weighted by Crippen LogP contribution is -2.36. The van der Waals surface area contributed by atoms with Crippen molar-refractivity contribution in [2.24, 2.45) is 0 Å². The van der Waals surface area contributed by atoms with E-state index in [9.17, 15) is 0 Å². The van der Waals surface area contributed by atoms with Gasteiger partial charge in [0.25, 0.3) is 0 Å². The third-order valence-corrected chi connectivity index (χ3v) is 6.77. The number of likely N-dealkylation sites (N-methyl/N-ethyl adjacent to an activating group) is 1. The van der Waals surface area contributed by atoms with Crippen LogP contribution < -0.4 is 5.32 Å². The summed E-state index contributed by atoms with van der Waals surface area (Å²) in [6.45, 7) is 0.709. The van der Waals surface area contributed by atoms with Gasteiger partial charge >= 0.3 is 0 Å². The minimum atomic E-state index is -0.0238. The summed E-state index contributed by atoms with van der Waals surface area (Å²) in [5.74, 6) is 1.55. The van der Waals surface area contributed by atoms with Crippen LogP contribution in [0.5, 0.6) is 0 Å². The maximum absolute atomic E-state index is 8.75. The molecule has 6 heteroatoms. The summed E-state index contributed by atoms with van der Waals surface area (Å²) < 4.78 is 0. The lowest BCUT2D eigenvalue weighted by molar-refractivity contribution is 0.439. The van der Waals surface area contributed by atoms with Crippen molar-refractivity contribution < 1.29 is 0 Å². The lowest BCUT2D eigenvalue weighted by atomic mass is 9.90. The number of pyridine rings is 1. The van der Waals surface area contributed by atoms with E-state index in [-0.39, 0.29) is 12.0 Å². The third kappa shape index (κ3) is 4.73. The van der Waals surface area contributed by atoms with Crippen molar-refractivity contribution >= 4 is 16.9 Å². The van der Waals surface area contributed by atoms with Crippen molar-refractivity contribution in [2.75, 3.05) is 20.6 Å². The Bertz CT molecular complexity index is 1240. The number of rotatable bonds is 7. The largest absolute Gasteiger partial charge is 0.366 e. The van der Waals surface area contributed by atoms with Gasteiger partial charge in [0.15, 0.2) is 0 Å². The molecule has 174 valence electrons. The Labute approximate surface area is 201 Å². The molecule has 0 spiro atoms. The third-order valence-electron chi connectivity index (χ3n) is 6.77. The molecule has 0 aliphatic heterocycles. The van der Waals surface area contributed by atoms with Gasteiger partial charge in [0, 0.05) is 39.3 Å². The van der Waals surface area contributed by atoms with E-state index >= 15 is 0 Å². The van der Waals surface area contributed by atoms with Gasteiger partial charge in [-0.3, -0.25) is 10.4 Å². The van der Waals surface area contributed by atoms with Crippen LogP contribution in [0.3, 0.4) is 0 Å². The number of benzene rings is 2. The minimum Gasteiger partial charge on any atom is -0.366 e. The van der Waals surface area contributed by atoms with Crippen molar-refractivity contribution in [1.82, 2.24) is 25.2 Å². The number of imidazole rings is 1. The Morgan fingerprint density at radius 3 is 2.74 bits per heavy atom. The summed E-state index contributed by atoms with van der Waals surface area (Å²) in [4.78, 5) is 14.7. The SMILES string of the molecule is CN(C)C(=N)C(CNC1CCCc2cccnc21)c1ccc(Cc2nc3ccccc3[nH]2)cc1. The maximum Gasteiger partial charge on any atom is 0.111 e. The highest BCUT2D eigenvalue weighted by atomic mass is 15.1. The summed E-state index contributed by atoms with van der Waals surface area (Å²) in [6, 6.07) is 21.2. The quantitative estimate of drug-likeness (QED) is 0.277. The van der Waals surface area contributed by atoms with Crippen molar-refractivity contribution in [2.45, 2.75) is 37.6 Å². The fraction of sp³-hybridized carbons (Fsp3) is 0.321. The van der Waals surface area contributed by atoms with Crippen molar-refractivity contribution in [3.63, 3.8) is 0 Å². The van der Waals surface area contributed by atoms with E-state index in [1.165, 1.54) is 23.2 Å². The van der Waals surface area contributed by atoms with Crippen molar-refractivity contribution in [3.05, 3.63) is 95.1 Å². The van der Waals surface area contributed by atoms with Crippen LogP contribution in [0.4, 0.5) is 0 Å². The fourth-order valence-corrected chi connectivity index (χ4v) is 4.90. The van der Waals surface area contributed by atoms with E-state index in [4.69, 9.17) is 10.4 Å². The van der Waals surface area contributed by atoms with E-state index in [0.717, 1.165) is 41.7 Å². The molecule has 2 atom stereocenters. The number of hydrogen-bond donors (Lipinski definition) is 3. The minimum absolute atomic E-state index is 0.0238. The molecule has 3 N–H and O–H groups in total. The van der Waals surface area contributed by atoms with E-state index in [2.05, 4.69) is 51.7 Å². The van der Waals surface area contributed by atoms with Crippen molar-refractivity contribution in [3.8, 4) is 0 Å². The van der Waals surface area contributed by atoms with Gasteiger partial charge in [-0.1, -0.05) is 42.5 Å². The number of H-pyrrole nitrogens is 1. The number of nitrogens with one attached hydrogen (secondary N) is 3. The molecule has 2 heterocycles. The van der Waals surface area contributed by atoms with Crippen LogP contribution >= 0.6 is 0 Å². The molecule has 0 bridgehead atoms. The average molecular weight is 453 g/mol. The standard InChI is InChI=1S/C28H32N6/c1-34(2)28(29)22(18-31-25-11-5-7-21-8-6-16-30-27(21)25)20-14-12-19(13-15-20)17-26-32-23-9-3-4-10-24(23)33-26/h3-4,6,8-10,12-16,22,25,29,31H,5,7,11,17-18H2,1-2H3,(H,32,33). The van der Waals surface area contributed by atoms with Gasteiger partial charge < -0.3 is 15.2 Å². The molecule has 0 saturated carbocycles. The number of aromatic nitrogens is 3. The Morgan fingerprint density at radius 2 is 1.94 bits per heavy atom. The molecule has 0 radical (unpaired) electrons. The molecule has 5 rings (SSSR count). The smallest absolute Gasteiger partial charge is 0.111 e. The topological polar surface area (TPSA) is 80.7 Å². The molecule has 2 aromatic carbocycles. The molecule has 1 aliphatic carbocycles. The zero-order chi connectivity index (χ0) is 23.5. The Hall–Kier alpha value is -3.51. The average Bonchev–Trinajstić information content (AvgIpc) is 3.27. The fourth-order valence-electron chi connectivity index (χ4n) is 4.90. The van der Waals surface area contributed by atoms with Gasteiger partial charge in [0.05, 0.1) is 22.6 Å². The Balaban J connectivity index is 1.31. The van der Waals surface area contributed by atoms with Gasteiger partial charge in [-0.2, -0.15) is 0 Å². The van der Waals surface area contributed by atoms with Gasteiger partial charge in [-0.05, 0) is 54.2 Å². The molecule has 34 heavy (non-hydrogen) atoms. The number of amidine groups is 1. The van der Waals surface area contributed by atoms with Crippen molar-refractivity contribution in [1.29, 1.82) is 5.41 Å². The normalized spacial score (nSPS) is 16.2. The predicted molar refractivity (Wildman–Crippen MR) is 137 cm³/mol. The molecule has 0 saturated heterocycles. The number of aromatic amines is 1. The van der Waals surface area contributed by atoms with Crippen LogP contribution in [0, 0.1) is 5.41 Å². The second-order valence-corrected chi connectivity index (χ2v) is 9.35. The summed E-state index contributed by atoms with van der Waals surface area (Å²) >= 11 is 0. The van der Waals surface area contributed by atoms with Crippen LogP contribution in [0.1, 0.15) is 53.0 Å². The molecule has 0 amide bonds. The van der Waals surface area contributed by atoms with Crippen LogP contribution in [0.15, 0.2) is 66.9 Å². The second-order valence-electron chi connectivity index (χ2n) is 9.35. The number of fused-ring (bicyclic) bond motifs is 2. The van der Waals surface area contributed by atoms with E-state index in [1.54, 1.807) is 0 Å². The number of hydrogen-bond acceptors (Lipinski definition) is 4. The molecule has 2 unspecified atom stereocenters. The molecular formula is C28H32N6. The molecule has 1 aliphatic rings. The molecule has 6 nitrogen and oxygen atoms in total. The zero-order valence-electron chi connectivity index (χ0n) is 19.9. The first-order chi connectivity index (χ1) is 16.6. The van der Waals surface area contributed by atoms with Gasteiger partial charge in [-0.15, -0.1) is 0 Å². The number of para-hydroxylation sites is 2. The van der Waals surface area contributed by atoms with Crippen LogP contribution in [0.25, 0.3) is 11.0 Å². The predicted octanol–water partition coefficient (Wildman–Crippen LogP) is 4.84. The van der Waals surface area contributed by atoms with E-state index < -0.39 is 0 Å². The molecule has 2 aromatic heterocycles. The van der Waals surface area contributed by atoms with E-state index in [0.29, 0.717) is 12.4 Å². The monoisotopic (exact) mass is 452 g/mol. The Kier molecular flexibility index (Phi) is 6.41. The summed E-state index contributed by atoms with van der Waals surface area (Å²) in [5.41, 5.74) is 6.94. The van der Waals surface area contributed by atoms with Gasteiger partial charge in [0.2, 0.25) is 0 Å². The van der Waals surface area contributed by atoms with E-state index in [1.807, 2.05) is 49.5 Å². The Morgan fingerprint density at radius 1 is 1.12 bits per heavy atom. The highest BCUT2D eigenvalue weighted by Crippen LogP contribution is 2.29. The molecule has 0 fully saturated rings. The first-order valence-electron chi connectivity index (χ1n) is 12.0. The van der Waals surface area contributed by atoms with Crippen LogP contribution in [-0.2, 0) is 12.8 Å². The van der Waals surface area contributed by atoms with Gasteiger partial charge in [-0.25, -0.2) is 4.98 Å². The van der Waals surface area contributed by atoms with Gasteiger partial charge in [0.1, 0.15) is 11.7 Å². The van der Waals surface area contributed by atoms with Crippen LogP contribution in [-0.4, -0.2) is 46.3 Å². The summed E-state index contributed by atoms with van der Waals surface area (Å²) in [7, 11) is 3.89. The second kappa shape index (κ2) is 9.77. The molecular weight excluding hydrogens is 420 g/mol. The summed E-state index contributed by atoms with van der Waals surface area (Å²) in [5, 5.41) is 12.5. The van der Waals surface area contributed by atoms with Crippen LogP contribution in [0.2, 0.25) is 0 Å². The zero-order valence-corrected chi connectivity index (χ0v) is 19.9. The highest BCUT2D eigenvalue weighted by Gasteiger charge is 2.24. The first kappa shape index (κ1) is 22.3. The molecule has 4 aromatic rings. The summed E-state index contributed by atoms with van der Waals surface area (Å²) in [6.07, 6.45) is 6.00. The first-order valence-corrected chi connectivity index (χ1v) is 12.0. The maximum atomic E-state index is 8.75. The lowest BCUT2D eigenvalue weighted by Gasteiger charge is -2.29. The highest BCUT2D eigenvalue weighted by molar-refractivity contribution is 5.86. The number of nitrogens with zero attached hydrogens (tertiary/aromatic N) is 3. The number of aryl methyl sites for hydroxylation is 1.